The number of hydrogen-bond donors (Lipinski definition) is 3. The average molecular weight is 278 g/mol. The Morgan fingerprint density at radius 2 is 1.11 bits per heavy atom. The van der Waals surface area contributed by atoms with Crippen molar-refractivity contribution < 1.29 is 60.7 Å². The second-order valence-electron chi connectivity index (χ2n) is 3.65. The van der Waals surface area contributed by atoms with Crippen molar-refractivity contribution in [3.8, 4) is 0 Å². The van der Waals surface area contributed by atoms with Gasteiger partial charge in [-0.1, -0.05) is 0 Å². The minimum Gasteiger partial charge on any atom is -1.00 e. The van der Waals surface area contributed by atoms with E-state index in [0.29, 0.717) is 0 Å². The Labute approximate surface area is 133 Å². The summed E-state index contributed by atoms with van der Waals surface area (Å²) >= 11 is 0. The molecular formula is C12H15NaO6. The number of carboxylic acid groups (broad SMARTS) is 3. The fourth-order valence-electron chi connectivity index (χ4n) is 0.972. The molecule has 0 aliphatic rings. The van der Waals surface area contributed by atoms with Gasteiger partial charge in [0.25, 0.3) is 0 Å². The minimum absolute atomic E-state index is 0. The van der Waals surface area contributed by atoms with Crippen LogP contribution in [0.3, 0.4) is 0 Å². The largest absolute Gasteiger partial charge is 1.00 e. The topological polar surface area (TPSA) is 112 Å². The standard InChI is InChI=1S/C12H14O6.Na.H/c1-6(10(13)14)4-9(8(3)12(17)18)5-7(2)11(15)16;;/h4-5H,1-3H3,(H,13,14)(H,15,16)(H,17,18);;/q;+1;-1. The molecule has 0 aromatic heterocycles. The molecule has 3 N–H and O–H groups in total. The third-order valence-corrected chi connectivity index (χ3v) is 2.17. The summed E-state index contributed by atoms with van der Waals surface area (Å²) in [4.78, 5) is 32.2. The second-order valence-corrected chi connectivity index (χ2v) is 3.65. The first kappa shape index (κ1) is 20.0. The summed E-state index contributed by atoms with van der Waals surface area (Å²) in [5.74, 6) is -3.65. The summed E-state index contributed by atoms with van der Waals surface area (Å²) in [6.45, 7) is 3.86. The van der Waals surface area contributed by atoms with Gasteiger partial charge < -0.3 is 16.7 Å². The number of rotatable bonds is 5. The molecule has 0 saturated heterocycles. The second kappa shape index (κ2) is 8.68. The van der Waals surface area contributed by atoms with Crippen LogP contribution in [-0.2, 0) is 14.4 Å². The number of aliphatic carboxylic acids is 3. The molecule has 0 aliphatic heterocycles. The maximum Gasteiger partial charge on any atom is 1.00 e. The third-order valence-electron chi connectivity index (χ3n) is 2.17. The van der Waals surface area contributed by atoms with Gasteiger partial charge in [0, 0.05) is 16.7 Å². The molecule has 0 fully saturated rings. The van der Waals surface area contributed by atoms with Crippen molar-refractivity contribution >= 4 is 17.9 Å². The first-order valence-corrected chi connectivity index (χ1v) is 4.94. The maximum absolute atomic E-state index is 10.8. The number of hydrogen-bond acceptors (Lipinski definition) is 3. The van der Waals surface area contributed by atoms with Gasteiger partial charge in [0.1, 0.15) is 0 Å². The molecule has 0 radical (unpaired) electrons. The van der Waals surface area contributed by atoms with Gasteiger partial charge in [-0.3, -0.25) is 0 Å². The number of carboxylic acids is 3. The Hall–Kier alpha value is -1.37. The molecular weight excluding hydrogens is 263 g/mol. The summed E-state index contributed by atoms with van der Waals surface area (Å²) in [5.41, 5.74) is -0.251. The van der Waals surface area contributed by atoms with Gasteiger partial charge in [-0.25, -0.2) is 14.4 Å². The van der Waals surface area contributed by atoms with E-state index >= 15 is 0 Å². The van der Waals surface area contributed by atoms with Crippen LogP contribution in [0, 0.1) is 0 Å². The minimum atomic E-state index is -1.24. The first-order valence-electron chi connectivity index (χ1n) is 4.94. The summed E-state index contributed by atoms with van der Waals surface area (Å²) in [5, 5.41) is 26.3. The van der Waals surface area contributed by atoms with E-state index in [0.717, 1.165) is 12.2 Å². The number of carbonyl (C=O) groups is 3. The van der Waals surface area contributed by atoms with Gasteiger partial charge in [0.15, 0.2) is 0 Å². The van der Waals surface area contributed by atoms with Crippen LogP contribution in [0.2, 0.25) is 0 Å². The molecule has 0 spiro atoms. The van der Waals surface area contributed by atoms with Gasteiger partial charge in [-0.15, -0.1) is 0 Å². The predicted molar refractivity (Wildman–Crippen MR) is 64.2 cm³/mol. The molecule has 0 atom stereocenters. The van der Waals surface area contributed by atoms with Crippen LogP contribution in [0.4, 0.5) is 0 Å². The molecule has 0 amide bonds. The Bertz CT molecular complexity index is 458. The molecule has 6 nitrogen and oxygen atoms in total. The molecule has 7 heteroatoms. The predicted octanol–water partition coefficient (Wildman–Crippen LogP) is -1.43. The van der Waals surface area contributed by atoms with Crippen LogP contribution in [0.15, 0.2) is 34.4 Å². The van der Waals surface area contributed by atoms with E-state index in [1.165, 1.54) is 20.8 Å². The molecule has 19 heavy (non-hydrogen) atoms. The summed E-state index contributed by atoms with van der Waals surface area (Å²) in [6, 6.07) is 0. The van der Waals surface area contributed by atoms with Crippen molar-refractivity contribution in [2.75, 3.05) is 0 Å². The Morgan fingerprint density at radius 3 is 1.32 bits per heavy atom. The summed E-state index contributed by atoms with van der Waals surface area (Å²) in [6.07, 6.45) is 2.25. The summed E-state index contributed by atoms with van der Waals surface area (Å²) in [7, 11) is 0. The van der Waals surface area contributed by atoms with E-state index in [1.54, 1.807) is 0 Å². The zero-order chi connectivity index (χ0) is 14.5. The number of allylic oxidation sites excluding steroid dienone is 3. The summed E-state index contributed by atoms with van der Waals surface area (Å²) < 4.78 is 0. The van der Waals surface area contributed by atoms with Crippen LogP contribution in [0.25, 0.3) is 0 Å². The fourth-order valence-corrected chi connectivity index (χ4v) is 0.972. The SMILES string of the molecule is CC(=CC(C=C(C)C(=O)O)=C(C)C(=O)O)C(=O)O.[H-].[Na+]. The van der Waals surface area contributed by atoms with Crippen LogP contribution in [0.5, 0.6) is 0 Å². The van der Waals surface area contributed by atoms with Crippen molar-refractivity contribution in [1.29, 1.82) is 0 Å². The maximum atomic E-state index is 10.8. The molecule has 0 aromatic rings. The van der Waals surface area contributed by atoms with Crippen LogP contribution < -0.4 is 29.6 Å². The van der Waals surface area contributed by atoms with Crippen molar-refractivity contribution in [2.24, 2.45) is 0 Å². The smallest absolute Gasteiger partial charge is 1.00 e. The molecule has 0 aliphatic carbocycles. The van der Waals surface area contributed by atoms with Gasteiger partial charge in [0.05, 0.1) is 0 Å². The zero-order valence-electron chi connectivity index (χ0n) is 12.2. The molecule has 0 saturated carbocycles. The van der Waals surface area contributed by atoms with Crippen molar-refractivity contribution in [3.63, 3.8) is 0 Å². The quantitative estimate of drug-likeness (QED) is 0.323. The molecule has 0 unspecified atom stereocenters. The molecule has 0 bridgehead atoms. The van der Waals surface area contributed by atoms with Crippen LogP contribution >= 0.6 is 0 Å². The Balaban J connectivity index is -0.00000144. The molecule has 100 valence electrons. The van der Waals surface area contributed by atoms with E-state index in [4.69, 9.17) is 15.3 Å². The Morgan fingerprint density at radius 1 is 0.789 bits per heavy atom. The van der Waals surface area contributed by atoms with E-state index in [1.807, 2.05) is 0 Å². The van der Waals surface area contributed by atoms with E-state index in [2.05, 4.69) is 0 Å². The Kier molecular flexibility index (Phi) is 9.12. The van der Waals surface area contributed by atoms with Crippen LogP contribution in [0.1, 0.15) is 22.2 Å². The van der Waals surface area contributed by atoms with Crippen molar-refractivity contribution in [3.05, 3.63) is 34.4 Å². The van der Waals surface area contributed by atoms with Gasteiger partial charge in [0.2, 0.25) is 0 Å². The van der Waals surface area contributed by atoms with Gasteiger partial charge >= 0.3 is 47.5 Å². The van der Waals surface area contributed by atoms with Crippen molar-refractivity contribution in [2.45, 2.75) is 20.8 Å². The van der Waals surface area contributed by atoms with E-state index in [-0.39, 0.29) is 53.3 Å². The monoisotopic (exact) mass is 278 g/mol. The fraction of sp³-hybridized carbons (Fsp3) is 0.250. The van der Waals surface area contributed by atoms with E-state index in [9.17, 15) is 14.4 Å². The van der Waals surface area contributed by atoms with Crippen LogP contribution in [-0.4, -0.2) is 33.2 Å². The molecule has 0 rings (SSSR count). The average Bonchev–Trinajstić information content (AvgIpc) is 2.26. The van der Waals surface area contributed by atoms with E-state index < -0.39 is 17.9 Å². The van der Waals surface area contributed by atoms with Gasteiger partial charge in [-0.05, 0) is 38.5 Å². The van der Waals surface area contributed by atoms with Gasteiger partial charge in [-0.2, -0.15) is 0 Å². The zero-order valence-corrected chi connectivity index (χ0v) is 13.2. The third kappa shape index (κ3) is 6.95. The first-order chi connectivity index (χ1) is 8.16. The van der Waals surface area contributed by atoms with Crippen molar-refractivity contribution in [1.82, 2.24) is 0 Å². The normalized spacial score (nSPS) is 11.3. The molecule has 0 aromatic carbocycles. The molecule has 0 heterocycles.